The molecule has 0 amide bonds. The summed E-state index contributed by atoms with van der Waals surface area (Å²) in [5.74, 6) is 0.752. The van der Waals surface area contributed by atoms with E-state index < -0.39 is 0 Å². The van der Waals surface area contributed by atoms with E-state index in [4.69, 9.17) is 20.8 Å². The number of nitrogens with zero attached hydrogens (tertiary/aromatic N) is 1. The number of benzene rings is 1. The molecule has 1 aromatic heterocycles. The van der Waals surface area contributed by atoms with Crippen LogP contribution in [0, 0.1) is 0 Å². The van der Waals surface area contributed by atoms with E-state index >= 15 is 0 Å². The molecule has 6 heteroatoms. The van der Waals surface area contributed by atoms with Crippen molar-refractivity contribution in [1.82, 2.24) is 10.3 Å². The lowest BCUT2D eigenvalue weighted by Gasteiger charge is -2.05. The van der Waals surface area contributed by atoms with Gasteiger partial charge in [0.1, 0.15) is 5.69 Å². The molecule has 0 aliphatic rings. The summed E-state index contributed by atoms with van der Waals surface area (Å²) < 4.78 is 11.3. The summed E-state index contributed by atoms with van der Waals surface area (Å²) in [4.78, 5) is 4.22. The van der Waals surface area contributed by atoms with Crippen LogP contribution in [-0.2, 0) is 11.3 Å². The van der Waals surface area contributed by atoms with E-state index in [1.807, 2.05) is 18.2 Å². The third-order valence-electron chi connectivity index (χ3n) is 2.60. The zero-order valence-electron chi connectivity index (χ0n) is 10.5. The van der Waals surface area contributed by atoms with Gasteiger partial charge in [-0.3, -0.25) is 0 Å². The lowest BCUT2D eigenvalue weighted by Crippen LogP contribution is -2.19. The van der Waals surface area contributed by atoms with Gasteiger partial charge >= 0.3 is 0 Å². The van der Waals surface area contributed by atoms with E-state index in [1.165, 1.54) is 6.39 Å². The first-order chi connectivity index (χ1) is 9.22. The average molecular weight is 346 g/mol. The quantitative estimate of drug-likeness (QED) is 0.814. The molecule has 0 bridgehead atoms. The van der Waals surface area contributed by atoms with Crippen LogP contribution in [0.25, 0.3) is 11.3 Å². The largest absolute Gasteiger partial charge is 0.443 e. The lowest BCUT2D eigenvalue weighted by molar-refractivity contribution is 0.199. The Hall–Kier alpha value is -0.880. The van der Waals surface area contributed by atoms with Crippen LogP contribution in [0.4, 0.5) is 0 Å². The number of rotatable bonds is 6. The minimum Gasteiger partial charge on any atom is -0.443 e. The number of hydrogen-bond donors (Lipinski definition) is 1. The summed E-state index contributed by atoms with van der Waals surface area (Å²) in [5, 5.41) is 3.91. The highest BCUT2D eigenvalue weighted by Crippen LogP contribution is 2.30. The second-order valence-corrected chi connectivity index (χ2v) is 5.19. The molecule has 19 heavy (non-hydrogen) atoms. The Morgan fingerprint density at radius 3 is 3.05 bits per heavy atom. The number of oxazole rings is 1. The van der Waals surface area contributed by atoms with Crippen LogP contribution in [0.2, 0.25) is 5.02 Å². The second kappa shape index (κ2) is 7.05. The first-order valence-corrected chi connectivity index (χ1v) is 6.97. The highest BCUT2D eigenvalue weighted by Gasteiger charge is 2.11. The van der Waals surface area contributed by atoms with Crippen LogP contribution >= 0.6 is 27.5 Å². The molecule has 1 N–H and O–H groups in total. The highest BCUT2D eigenvalue weighted by atomic mass is 79.9. The average Bonchev–Trinajstić information content (AvgIpc) is 2.86. The smallest absolute Gasteiger partial charge is 0.181 e. The lowest BCUT2D eigenvalue weighted by atomic mass is 10.1. The van der Waals surface area contributed by atoms with E-state index in [-0.39, 0.29) is 0 Å². The van der Waals surface area contributed by atoms with Crippen LogP contribution in [0.1, 0.15) is 5.69 Å². The molecule has 0 unspecified atom stereocenters. The fourth-order valence-electron chi connectivity index (χ4n) is 1.65. The van der Waals surface area contributed by atoms with Gasteiger partial charge in [0.15, 0.2) is 12.2 Å². The van der Waals surface area contributed by atoms with Crippen LogP contribution in [0.15, 0.2) is 33.5 Å². The minimum absolute atomic E-state index is 0.634. The second-order valence-electron chi connectivity index (χ2n) is 3.93. The van der Waals surface area contributed by atoms with Crippen LogP contribution < -0.4 is 5.32 Å². The molecule has 0 radical (unpaired) electrons. The van der Waals surface area contributed by atoms with Crippen LogP contribution in [0.3, 0.4) is 0 Å². The predicted octanol–water partition coefficient (Wildman–Crippen LogP) is 3.49. The number of halogens is 2. The predicted molar refractivity (Wildman–Crippen MR) is 78.2 cm³/mol. The zero-order chi connectivity index (χ0) is 13.7. The molecule has 0 spiro atoms. The van der Waals surface area contributed by atoms with Gasteiger partial charge in [0.2, 0.25) is 0 Å². The number of ether oxygens (including phenoxy) is 1. The van der Waals surface area contributed by atoms with Gasteiger partial charge in [-0.05, 0) is 34.1 Å². The Bertz CT molecular complexity index is 545. The van der Waals surface area contributed by atoms with Crippen LogP contribution in [0.5, 0.6) is 0 Å². The molecule has 2 rings (SSSR count). The van der Waals surface area contributed by atoms with Gasteiger partial charge in [-0.2, -0.15) is 0 Å². The third kappa shape index (κ3) is 3.79. The Morgan fingerprint density at radius 1 is 1.47 bits per heavy atom. The first kappa shape index (κ1) is 14.5. The van der Waals surface area contributed by atoms with Gasteiger partial charge in [-0.1, -0.05) is 11.6 Å². The molecular formula is C13H14BrClN2O2. The number of methoxy groups -OCH3 is 1. The maximum atomic E-state index is 5.98. The van der Waals surface area contributed by atoms with Crippen molar-refractivity contribution in [1.29, 1.82) is 0 Å². The van der Waals surface area contributed by atoms with E-state index in [1.54, 1.807) is 7.11 Å². The normalized spacial score (nSPS) is 10.9. The highest BCUT2D eigenvalue weighted by molar-refractivity contribution is 9.10. The molecule has 102 valence electrons. The van der Waals surface area contributed by atoms with Gasteiger partial charge in [-0.15, -0.1) is 0 Å². The molecule has 0 saturated carbocycles. The fraction of sp³-hybridized carbons (Fsp3) is 0.308. The minimum atomic E-state index is 0.634. The molecule has 4 nitrogen and oxygen atoms in total. The molecule has 0 fully saturated rings. The van der Waals surface area contributed by atoms with Gasteiger partial charge < -0.3 is 14.5 Å². The van der Waals surface area contributed by atoms with Crippen molar-refractivity contribution in [2.75, 3.05) is 20.3 Å². The molecule has 0 atom stereocenters. The first-order valence-electron chi connectivity index (χ1n) is 5.80. The van der Waals surface area contributed by atoms with Gasteiger partial charge in [0, 0.05) is 30.2 Å². The monoisotopic (exact) mass is 344 g/mol. The maximum absolute atomic E-state index is 5.98. The summed E-state index contributed by atoms with van der Waals surface area (Å²) in [6, 6.07) is 5.65. The molecule has 1 heterocycles. The van der Waals surface area contributed by atoms with Crippen molar-refractivity contribution in [3.8, 4) is 11.3 Å². The van der Waals surface area contributed by atoms with E-state index in [0.29, 0.717) is 18.2 Å². The number of hydrogen-bond acceptors (Lipinski definition) is 4. The molecule has 2 aromatic rings. The molecular weight excluding hydrogens is 332 g/mol. The molecule has 0 aliphatic carbocycles. The van der Waals surface area contributed by atoms with Crippen LogP contribution in [-0.4, -0.2) is 25.2 Å². The summed E-state index contributed by atoms with van der Waals surface area (Å²) in [6.45, 7) is 2.07. The van der Waals surface area contributed by atoms with Gasteiger partial charge in [0.05, 0.1) is 11.6 Å². The third-order valence-corrected chi connectivity index (χ3v) is 3.81. The summed E-state index contributed by atoms with van der Waals surface area (Å²) in [5.41, 5.74) is 1.81. The van der Waals surface area contributed by atoms with Crippen molar-refractivity contribution in [3.05, 3.63) is 39.8 Å². The Labute approximate surface area is 125 Å². The van der Waals surface area contributed by atoms with E-state index in [0.717, 1.165) is 28.0 Å². The standard InChI is InChI=1S/C13H14BrClN2O2/c1-18-5-4-16-7-12-13(19-8-17-12)9-2-3-11(15)10(14)6-9/h2-3,6,8,16H,4-5,7H2,1H3. The molecule has 0 saturated heterocycles. The summed E-state index contributed by atoms with van der Waals surface area (Å²) >= 11 is 9.38. The number of aromatic nitrogens is 1. The summed E-state index contributed by atoms with van der Waals surface area (Å²) in [7, 11) is 1.68. The van der Waals surface area contributed by atoms with Crippen molar-refractivity contribution in [2.24, 2.45) is 0 Å². The van der Waals surface area contributed by atoms with E-state index in [9.17, 15) is 0 Å². The maximum Gasteiger partial charge on any atom is 0.181 e. The molecule has 0 aliphatic heterocycles. The summed E-state index contributed by atoms with van der Waals surface area (Å²) in [6.07, 6.45) is 1.45. The van der Waals surface area contributed by atoms with Crippen molar-refractivity contribution in [3.63, 3.8) is 0 Å². The van der Waals surface area contributed by atoms with Gasteiger partial charge in [0.25, 0.3) is 0 Å². The number of nitrogens with one attached hydrogen (secondary N) is 1. The fourth-order valence-corrected chi connectivity index (χ4v) is 2.14. The Balaban J connectivity index is 2.12. The Morgan fingerprint density at radius 2 is 2.32 bits per heavy atom. The van der Waals surface area contributed by atoms with Gasteiger partial charge in [-0.25, -0.2) is 4.98 Å². The van der Waals surface area contributed by atoms with Crippen molar-refractivity contribution < 1.29 is 9.15 Å². The van der Waals surface area contributed by atoms with Crippen molar-refractivity contribution in [2.45, 2.75) is 6.54 Å². The van der Waals surface area contributed by atoms with Crippen molar-refractivity contribution >= 4 is 27.5 Å². The SMILES string of the molecule is COCCNCc1ncoc1-c1ccc(Cl)c(Br)c1. The Kier molecular flexibility index (Phi) is 5.39. The molecule has 1 aromatic carbocycles. The topological polar surface area (TPSA) is 47.3 Å². The zero-order valence-corrected chi connectivity index (χ0v) is 12.8. The van der Waals surface area contributed by atoms with E-state index in [2.05, 4.69) is 26.2 Å².